The molecule has 1 heterocycles. The third-order valence-electron chi connectivity index (χ3n) is 8.08. The standard InChI is InChI=1S/C19H26ClNO3/c1-17-8-6-13-11(12(17)3-4-14(17)16(23)24)5-10-19(20)18(13,2)9-7-15(22)21-19/h7,9,11-14H,3-6,8,10H2,1-2H3,(H,21,22)(H,23,24)/t11-,12-,13+,14?,17-,18+,19?/m0/s1. The molecule has 0 radical (unpaired) electrons. The molecule has 3 fully saturated rings. The number of carboxylic acids is 1. The summed E-state index contributed by atoms with van der Waals surface area (Å²) in [6, 6.07) is 0. The fourth-order valence-corrected chi connectivity index (χ4v) is 7.11. The van der Waals surface area contributed by atoms with Crippen LogP contribution in [0.2, 0.25) is 0 Å². The summed E-state index contributed by atoms with van der Waals surface area (Å²) in [5, 5.41) is 12.7. The van der Waals surface area contributed by atoms with Crippen LogP contribution in [0.15, 0.2) is 12.2 Å². The van der Waals surface area contributed by atoms with Gasteiger partial charge in [0.2, 0.25) is 5.91 Å². The first-order valence-corrected chi connectivity index (χ1v) is 9.52. The van der Waals surface area contributed by atoms with Gasteiger partial charge in [-0.05, 0) is 67.8 Å². The van der Waals surface area contributed by atoms with Crippen LogP contribution in [0.3, 0.4) is 0 Å². The van der Waals surface area contributed by atoms with Gasteiger partial charge in [-0.1, -0.05) is 31.5 Å². The lowest BCUT2D eigenvalue weighted by molar-refractivity contribution is -0.150. The van der Waals surface area contributed by atoms with Crippen molar-refractivity contribution in [3.63, 3.8) is 0 Å². The van der Waals surface area contributed by atoms with Gasteiger partial charge in [0.25, 0.3) is 0 Å². The molecular formula is C19H26ClNO3. The van der Waals surface area contributed by atoms with Gasteiger partial charge < -0.3 is 10.4 Å². The SMILES string of the molecule is C[C@]12CC[C@@H]3[C@@H](CCC4(Cl)NC(=O)C=C[C@]34C)[C@@H]1CCC2C(=O)O. The van der Waals surface area contributed by atoms with Crippen LogP contribution in [0.25, 0.3) is 0 Å². The largest absolute Gasteiger partial charge is 0.481 e. The van der Waals surface area contributed by atoms with E-state index >= 15 is 0 Å². The van der Waals surface area contributed by atoms with Gasteiger partial charge in [0, 0.05) is 5.41 Å². The maximum absolute atomic E-state index is 11.8. The molecule has 4 rings (SSSR count). The molecule has 0 aromatic carbocycles. The molecule has 4 nitrogen and oxygen atoms in total. The van der Waals surface area contributed by atoms with E-state index in [1.807, 2.05) is 6.08 Å². The minimum atomic E-state index is -0.696. The van der Waals surface area contributed by atoms with E-state index < -0.39 is 11.0 Å². The van der Waals surface area contributed by atoms with Crippen LogP contribution in [0.1, 0.15) is 52.4 Å². The maximum Gasteiger partial charge on any atom is 0.307 e. The molecule has 1 amide bonds. The van der Waals surface area contributed by atoms with E-state index in [1.54, 1.807) is 6.08 Å². The van der Waals surface area contributed by atoms with Gasteiger partial charge in [0.15, 0.2) is 0 Å². The van der Waals surface area contributed by atoms with Crippen LogP contribution in [0, 0.1) is 34.5 Å². The number of carboxylic acid groups (broad SMARTS) is 1. The number of amides is 1. The van der Waals surface area contributed by atoms with Crippen molar-refractivity contribution in [2.24, 2.45) is 34.5 Å². The minimum Gasteiger partial charge on any atom is -0.481 e. The van der Waals surface area contributed by atoms with Crippen molar-refractivity contribution in [1.29, 1.82) is 0 Å². The molecule has 2 unspecified atom stereocenters. The summed E-state index contributed by atoms with van der Waals surface area (Å²) >= 11 is 6.91. The quantitative estimate of drug-likeness (QED) is 0.560. The molecule has 0 spiro atoms. The molecule has 0 aromatic rings. The number of fused-ring (bicyclic) bond motifs is 5. The summed E-state index contributed by atoms with van der Waals surface area (Å²) in [5.41, 5.74) is -0.342. The number of halogens is 1. The Morgan fingerprint density at radius 1 is 1.21 bits per heavy atom. The van der Waals surface area contributed by atoms with Crippen LogP contribution in [0.4, 0.5) is 0 Å². The molecule has 4 aliphatic rings. The Kier molecular flexibility index (Phi) is 3.42. The summed E-state index contributed by atoms with van der Waals surface area (Å²) < 4.78 is 0. The van der Waals surface area contributed by atoms with Crippen LogP contribution in [0.5, 0.6) is 0 Å². The van der Waals surface area contributed by atoms with E-state index in [2.05, 4.69) is 19.2 Å². The second-order valence-electron chi connectivity index (χ2n) is 8.83. The van der Waals surface area contributed by atoms with Crippen LogP contribution < -0.4 is 5.32 Å². The highest BCUT2D eigenvalue weighted by Crippen LogP contribution is 2.67. The van der Waals surface area contributed by atoms with Crippen molar-refractivity contribution in [3.05, 3.63) is 12.2 Å². The number of alkyl halides is 1. The Morgan fingerprint density at radius 2 is 1.96 bits per heavy atom. The van der Waals surface area contributed by atoms with E-state index in [-0.39, 0.29) is 22.7 Å². The Balaban J connectivity index is 1.70. The lowest BCUT2D eigenvalue weighted by atomic mass is 9.47. The number of hydrogen-bond donors (Lipinski definition) is 2. The van der Waals surface area contributed by atoms with Gasteiger partial charge in [-0.3, -0.25) is 9.59 Å². The van der Waals surface area contributed by atoms with Gasteiger partial charge in [0.05, 0.1) is 5.92 Å². The first-order chi connectivity index (χ1) is 11.2. The van der Waals surface area contributed by atoms with Gasteiger partial charge in [-0.2, -0.15) is 0 Å². The molecule has 24 heavy (non-hydrogen) atoms. The van der Waals surface area contributed by atoms with E-state index in [0.717, 1.165) is 38.5 Å². The summed E-state index contributed by atoms with van der Waals surface area (Å²) in [7, 11) is 0. The van der Waals surface area contributed by atoms with Gasteiger partial charge in [-0.15, -0.1) is 0 Å². The average Bonchev–Trinajstić information content (AvgIpc) is 2.86. The van der Waals surface area contributed by atoms with Crippen molar-refractivity contribution in [1.82, 2.24) is 5.32 Å². The van der Waals surface area contributed by atoms with E-state index in [4.69, 9.17) is 11.6 Å². The Labute approximate surface area is 148 Å². The molecule has 5 heteroatoms. The van der Waals surface area contributed by atoms with Gasteiger partial charge in [-0.25, -0.2) is 0 Å². The highest BCUT2D eigenvalue weighted by Gasteiger charge is 2.64. The zero-order valence-electron chi connectivity index (χ0n) is 14.3. The smallest absolute Gasteiger partial charge is 0.307 e. The Bertz CT molecular complexity index is 634. The zero-order valence-corrected chi connectivity index (χ0v) is 15.1. The molecule has 1 aliphatic heterocycles. The number of hydrogen-bond acceptors (Lipinski definition) is 2. The lowest BCUT2D eigenvalue weighted by Gasteiger charge is -2.61. The normalized spacial score (nSPS) is 52.9. The Morgan fingerprint density at radius 3 is 2.67 bits per heavy atom. The van der Waals surface area contributed by atoms with Crippen molar-refractivity contribution in [2.75, 3.05) is 0 Å². The van der Waals surface area contributed by atoms with Crippen molar-refractivity contribution < 1.29 is 14.7 Å². The molecule has 132 valence electrons. The first-order valence-electron chi connectivity index (χ1n) is 9.14. The highest BCUT2D eigenvalue weighted by atomic mass is 35.5. The second-order valence-corrected chi connectivity index (χ2v) is 9.48. The predicted molar refractivity (Wildman–Crippen MR) is 91.4 cm³/mol. The van der Waals surface area contributed by atoms with Crippen LogP contribution in [-0.2, 0) is 9.59 Å². The number of carbonyl (C=O) groups is 2. The summed E-state index contributed by atoms with van der Waals surface area (Å²) in [5.74, 6) is 0.433. The summed E-state index contributed by atoms with van der Waals surface area (Å²) in [6.45, 7) is 4.38. The third-order valence-corrected chi connectivity index (χ3v) is 8.77. The maximum atomic E-state index is 11.8. The van der Waals surface area contributed by atoms with Crippen LogP contribution in [-0.4, -0.2) is 22.0 Å². The minimum absolute atomic E-state index is 0.0860. The monoisotopic (exact) mass is 351 g/mol. The molecule has 2 N–H and O–H groups in total. The summed E-state index contributed by atoms with van der Waals surface area (Å²) in [4.78, 5) is 22.9. The number of rotatable bonds is 1. The molecule has 3 saturated carbocycles. The third kappa shape index (κ3) is 1.92. The predicted octanol–water partition coefficient (Wildman–Crippen LogP) is 3.55. The molecule has 0 saturated heterocycles. The highest BCUT2D eigenvalue weighted by molar-refractivity contribution is 6.26. The fraction of sp³-hybridized carbons (Fsp3) is 0.789. The van der Waals surface area contributed by atoms with Gasteiger partial charge >= 0.3 is 5.97 Å². The van der Waals surface area contributed by atoms with Crippen molar-refractivity contribution in [3.8, 4) is 0 Å². The summed E-state index contributed by atoms with van der Waals surface area (Å²) in [6.07, 6.45) is 9.14. The van der Waals surface area contributed by atoms with Crippen LogP contribution >= 0.6 is 11.6 Å². The Hall–Kier alpha value is -1.03. The van der Waals surface area contributed by atoms with Crippen molar-refractivity contribution >= 4 is 23.5 Å². The molecule has 7 atom stereocenters. The van der Waals surface area contributed by atoms with Gasteiger partial charge in [0.1, 0.15) is 5.00 Å². The number of carbonyl (C=O) groups excluding carboxylic acids is 1. The molecule has 0 aromatic heterocycles. The first kappa shape index (κ1) is 16.4. The molecule has 0 bridgehead atoms. The fourth-order valence-electron chi connectivity index (χ4n) is 6.71. The van der Waals surface area contributed by atoms with E-state index in [9.17, 15) is 14.7 Å². The number of nitrogens with one attached hydrogen (secondary N) is 1. The van der Waals surface area contributed by atoms with E-state index in [1.165, 1.54) is 0 Å². The average molecular weight is 352 g/mol. The number of aliphatic carboxylic acids is 1. The second kappa shape index (κ2) is 5.00. The molecule has 3 aliphatic carbocycles. The molecular weight excluding hydrogens is 326 g/mol. The van der Waals surface area contributed by atoms with E-state index in [0.29, 0.717) is 17.8 Å². The lowest BCUT2D eigenvalue weighted by Crippen LogP contribution is -2.65. The van der Waals surface area contributed by atoms with Crippen molar-refractivity contribution in [2.45, 2.75) is 57.4 Å². The topological polar surface area (TPSA) is 66.4 Å². The zero-order chi connectivity index (χ0) is 17.3.